The molecule has 0 bridgehead atoms. The summed E-state index contributed by atoms with van der Waals surface area (Å²) in [6.07, 6.45) is 1.30. The van der Waals surface area contributed by atoms with Gasteiger partial charge in [0.05, 0.1) is 0 Å². The van der Waals surface area contributed by atoms with Crippen LogP contribution in [0.5, 0.6) is 5.75 Å². The van der Waals surface area contributed by atoms with Crippen LogP contribution in [-0.4, -0.2) is 31.1 Å². The van der Waals surface area contributed by atoms with Crippen molar-refractivity contribution in [3.05, 3.63) is 30.1 Å². The molecule has 14 heavy (non-hydrogen) atoms. The minimum absolute atomic E-state index is 0.221. The third kappa shape index (κ3) is 2.23. The van der Waals surface area contributed by atoms with Crippen LogP contribution in [0.2, 0.25) is 0 Å². The largest absolute Gasteiger partial charge is 0.489 e. The molecule has 0 spiro atoms. The highest BCUT2D eigenvalue weighted by molar-refractivity contribution is 5.22. The molecule has 3 heteroatoms. The molecule has 76 valence electrons. The molecule has 0 N–H and O–H groups in total. The molecule has 1 aliphatic rings. The van der Waals surface area contributed by atoms with E-state index in [1.165, 1.54) is 12.1 Å². The molecule has 1 fully saturated rings. The summed E-state index contributed by atoms with van der Waals surface area (Å²) in [6, 6.07) is 6.20. The lowest BCUT2D eigenvalue weighted by atomic mass is 10.3. The second kappa shape index (κ2) is 3.96. The number of likely N-dealkylation sites (tertiary alicyclic amines) is 1. The summed E-state index contributed by atoms with van der Waals surface area (Å²) in [5, 5.41) is 0. The molecule has 1 aliphatic heterocycles. The maximum atomic E-state index is 12.6. The summed E-state index contributed by atoms with van der Waals surface area (Å²) in [5.74, 6) is 0.535. The van der Waals surface area contributed by atoms with E-state index in [-0.39, 0.29) is 11.9 Å². The predicted molar refractivity (Wildman–Crippen MR) is 52.9 cm³/mol. The Hall–Kier alpha value is -1.09. The molecule has 0 unspecified atom stereocenters. The molecule has 2 nitrogen and oxygen atoms in total. The van der Waals surface area contributed by atoms with Crippen molar-refractivity contribution in [2.75, 3.05) is 20.1 Å². The Bertz CT molecular complexity index is 299. The zero-order valence-electron chi connectivity index (χ0n) is 8.24. The molecule has 1 aromatic carbocycles. The average molecular weight is 195 g/mol. The average Bonchev–Trinajstić information content (AvgIpc) is 2.56. The molecule has 1 atom stereocenters. The van der Waals surface area contributed by atoms with Gasteiger partial charge in [0.2, 0.25) is 0 Å². The number of benzene rings is 1. The number of likely N-dealkylation sites (N-methyl/N-ethyl adjacent to an activating group) is 1. The lowest BCUT2D eigenvalue weighted by Gasteiger charge is -2.13. The first-order valence-electron chi connectivity index (χ1n) is 4.85. The molecule has 1 heterocycles. The van der Waals surface area contributed by atoms with E-state index >= 15 is 0 Å². The number of hydrogen-bond donors (Lipinski definition) is 0. The molecule has 0 saturated carbocycles. The van der Waals surface area contributed by atoms with E-state index in [0.29, 0.717) is 0 Å². The first kappa shape index (κ1) is 9.46. The number of hydrogen-bond acceptors (Lipinski definition) is 2. The van der Waals surface area contributed by atoms with Crippen LogP contribution in [0.15, 0.2) is 24.3 Å². The highest BCUT2D eigenvalue weighted by atomic mass is 19.1. The SMILES string of the molecule is CN1CC[C@@H](Oc2ccc(F)cc2)C1. The second-order valence-electron chi connectivity index (χ2n) is 3.74. The highest BCUT2D eigenvalue weighted by Gasteiger charge is 2.20. The van der Waals surface area contributed by atoms with Crippen molar-refractivity contribution in [1.29, 1.82) is 0 Å². The summed E-state index contributed by atoms with van der Waals surface area (Å²) in [7, 11) is 2.08. The number of ether oxygens (including phenoxy) is 1. The predicted octanol–water partition coefficient (Wildman–Crippen LogP) is 1.91. The maximum Gasteiger partial charge on any atom is 0.123 e. The fourth-order valence-electron chi connectivity index (χ4n) is 1.70. The fraction of sp³-hybridized carbons (Fsp3) is 0.455. The van der Waals surface area contributed by atoms with Gasteiger partial charge < -0.3 is 9.64 Å². The Morgan fingerprint density at radius 2 is 2.07 bits per heavy atom. The van der Waals surface area contributed by atoms with Crippen LogP contribution in [0, 0.1) is 5.82 Å². The van der Waals surface area contributed by atoms with Gasteiger partial charge in [0.25, 0.3) is 0 Å². The Morgan fingerprint density at radius 1 is 1.36 bits per heavy atom. The lowest BCUT2D eigenvalue weighted by Crippen LogP contribution is -2.21. The summed E-state index contributed by atoms with van der Waals surface area (Å²) in [4.78, 5) is 2.23. The third-order valence-corrected chi connectivity index (χ3v) is 2.46. The van der Waals surface area contributed by atoms with E-state index in [4.69, 9.17) is 4.74 Å². The molecule has 2 rings (SSSR count). The van der Waals surface area contributed by atoms with Crippen molar-refractivity contribution >= 4 is 0 Å². The third-order valence-electron chi connectivity index (χ3n) is 2.46. The van der Waals surface area contributed by atoms with Crippen molar-refractivity contribution in [2.45, 2.75) is 12.5 Å². The molecular formula is C11H14FNO. The van der Waals surface area contributed by atoms with Crippen LogP contribution < -0.4 is 4.74 Å². The van der Waals surface area contributed by atoms with Crippen molar-refractivity contribution in [1.82, 2.24) is 4.90 Å². The van der Waals surface area contributed by atoms with E-state index in [9.17, 15) is 4.39 Å². The monoisotopic (exact) mass is 195 g/mol. The fourth-order valence-corrected chi connectivity index (χ4v) is 1.70. The molecule has 0 amide bonds. The minimum atomic E-state index is -0.221. The topological polar surface area (TPSA) is 12.5 Å². The van der Waals surface area contributed by atoms with Gasteiger partial charge in [-0.15, -0.1) is 0 Å². The van der Waals surface area contributed by atoms with Gasteiger partial charge in [0, 0.05) is 13.1 Å². The van der Waals surface area contributed by atoms with E-state index in [1.807, 2.05) is 0 Å². The van der Waals surface area contributed by atoms with Crippen LogP contribution in [0.25, 0.3) is 0 Å². The van der Waals surface area contributed by atoms with E-state index in [1.54, 1.807) is 12.1 Å². The van der Waals surface area contributed by atoms with Gasteiger partial charge in [0.15, 0.2) is 0 Å². The van der Waals surface area contributed by atoms with E-state index < -0.39 is 0 Å². The summed E-state index contributed by atoms with van der Waals surface area (Å²) >= 11 is 0. The summed E-state index contributed by atoms with van der Waals surface area (Å²) in [5.41, 5.74) is 0. The van der Waals surface area contributed by atoms with Crippen LogP contribution in [0.4, 0.5) is 4.39 Å². The summed E-state index contributed by atoms with van der Waals surface area (Å²) < 4.78 is 18.3. The van der Waals surface area contributed by atoms with Crippen molar-refractivity contribution in [2.24, 2.45) is 0 Å². The standard InChI is InChI=1S/C11H14FNO/c1-13-7-6-11(8-13)14-10-4-2-9(12)3-5-10/h2-5,11H,6-8H2,1H3/t11-/m1/s1. The van der Waals surface area contributed by atoms with Gasteiger partial charge in [-0.2, -0.15) is 0 Å². The first-order valence-corrected chi connectivity index (χ1v) is 4.85. The molecular weight excluding hydrogens is 181 g/mol. The lowest BCUT2D eigenvalue weighted by molar-refractivity contribution is 0.208. The van der Waals surface area contributed by atoms with Crippen molar-refractivity contribution in [3.63, 3.8) is 0 Å². The number of rotatable bonds is 2. The van der Waals surface area contributed by atoms with Crippen LogP contribution in [0.1, 0.15) is 6.42 Å². The second-order valence-corrected chi connectivity index (χ2v) is 3.74. The van der Waals surface area contributed by atoms with E-state index in [0.717, 1.165) is 25.3 Å². The Balaban J connectivity index is 1.94. The maximum absolute atomic E-state index is 12.6. The van der Waals surface area contributed by atoms with Gasteiger partial charge in [-0.25, -0.2) is 4.39 Å². The van der Waals surface area contributed by atoms with Gasteiger partial charge in [-0.1, -0.05) is 0 Å². The molecule has 0 aromatic heterocycles. The van der Waals surface area contributed by atoms with E-state index in [2.05, 4.69) is 11.9 Å². The van der Waals surface area contributed by atoms with Crippen LogP contribution in [-0.2, 0) is 0 Å². The van der Waals surface area contributed by atoms with Gasteiger partial charge in [-0.3, -0.25) is 0 Å². The first-order chi connectivity index (χ1) is 6.74. The number of halogens is 1. The van der Waals surface area contributed by atoms with Crippen molar-refractivity contribution < 1.29 is 9.13 Å². The summed E-state index contributed by atoms with van der Waals surface area (Å²) in [6.45, 7) is 2.03. The Kier molecular flexibility index (Phi) is 2.68. The quantitative estimate of drug-likeness (QED) is 0.714. The van der Waals surface area contributed by atoms with Gasteiger partial charge in [-0.05, 0) is 37.7 Å². The van der Waals surface area contributed by atoms with Crippen LogP contribution >= 0.6 is 0 Å². The zero-order valence-corrected chi connectivity index (χ0v) is 8.24. The minimum Gasteiger partial charge on any atom is -0.489 e. The van der Waals surface area contributed by atoms with Gasteiger partial charge in [0.1, 0.15) is 17.7 Å². The normalized spacial score (nSPS) is 22.6. The smallest absolute Gasteiger partial charge is 0.123 e. The zero-order chi connectivity index (χ0) is 9.97. The van der Waals surface area contributed by atoms with Crippen molar-refractivity contribution in [3.8, 4) is 5.75 Å². The molecule has 1 aromatic rings. The molecule has 1 saturated heterocycles. The number of nitrogens with zero attached hydrogens (tertiary/aromatic N) is 1. The Labute approximate surface area is 83.3 Å². The highest BCUT2D eigenvalue weighted by Crippen LogP contribution is 2.17. The van der Waals surface area contributed by atoms with Gasteiger partial charge >= 0.3 is 0 Å². The Morgan fingerprint density at radius 3 is 2.64 bits per heavy atom. The van der Waals surface area contributed by atoms with Crippen LogP contribution in [0.3, 0.4) is 0 Å². The molecule has 0 radical (unpaired) electrons. The molecule has 0 aliphatic carbocycles.